The molecule has 1 amide bonds. The normalized spacial score (nSPS) is 18.2. The molecule has 0 spiro atoms. The number of alkyl halides is 3. The minimum atomic E-state index is -4.67. The minimum Gasteiger partial charge on any atom is -0.352 e. The molecule has 12 heteroatoms. The molecule has 0 saturated carbocycles. The molecule has 0 unspecified atom stereocenters. The average Bonchev–Trinajstić information content (AvgIpc) is 3.28. The Bertz CT molecular complexity index is 1020. The van der Waals surface area contributed by atoms with Gasteiger partial charge in [-0.3, -0.25) is 9.78 Å². The first-order valence-corrected chi connectivity index (χ1v) is 10.2. The third kappa shape index (κ3) is 4.42. The number of halogens is 3. The Morgan fingerprint density at radius 3 is 2.66 bits per heavy atom. The Morgan fingerprint density at radius 2 is 2.07 bits per heavy atom. The van der Waals surface area contributed by atoms with Crippen molar-refractivity contribution in [3.05, 3.63) is 41.6 Å². The molecule has 2 aromatic heterocycles. The van der Waals surface area contributed by atoms with Crippen LogP contribution in [-0.4, -0.2) is 39.7 Å². The zero-order valence-electron chi connectivity index (χ0n) is 15.8. The van der Waals surface area contributed by atoms with E-state index in [-0.39, 0.29) is 29.4 Å². The Hall–Kier alpha value is -2.47. The summed E-state index contributed by atoms with van der Waals surface area (Å²) in [6.07, 6.45) is -0.105. The highest BCUT2D eigenvalue weighted by atomic mass is 32.2. The fraction of sp³-hybridized carbons (Fsp3) is 0.471. The van der Waals surface area contributed by atoms with E-state index >= 15 is 0 Å². The summed E-state index contributed by atoms with van der Waals surface area (Å²) >= 11 is 0. The molecule has 8 nitrogen and oxygen atoms in total. The van der Waals surface area contributed by atoms with Gasteiger partial charge in [0.1, 0.15) is 0 Å². The fourth-order valence-corrected chi connectivity index (χ4v) is 4.91. The summed E-state index contributed by atoms with van der Waals surface area (Å²) in [5, 5.41) is 2.16. The lowest BCUT2D eigenvalue weighted by molar-refractivity contribution is -0.138. The van der Waals surface area contributed by atoms with Gasteiger partial charge in [-0.25, -0.2) is 13.4 Å². The quantitative estimate of drug-likeness (QED) is 0.781. The number of imidazole rings is 1. The maximum Gasteiger partial charge on any atom is 0.416 e. The van der Waals surface area contributed by atoms with Crippen LogP contribution in [0.15, 0.2) is 29.8 Å². The molecule has 1 fully saturated rings. The van der Waals surface area contributed by atoms with Crippen LogP contribution in [0.2, 0.25) is 0 Å². The topological polar surface area (TPSA) is 97.2 Å². The van der Waals surface area contributed by atoms with Crippen LogP contribution in [-0.2, 0) is 34.6 Å². The maximum atomic E-state index is 13.6. The van der Waals surface area contributed by atoms with Crippen LogP contribution >= 0.6 is 0 Å². The predicted molar refractivity (Wildman–Crippen MR) is 95.8 cm³/mol. The number of carbonyl (C=O) groups excluding carboxylic acids is 1. The smallest absolute Gasteiger partial charge is 0.352 e. The third-order valence-electron chi connectivity index (χ3n) is 4.64. The summed E-state index contributed by atoms with van der Waals surface area (Å²) < 4.78 is 69.1. The number of hydrogen-bond donors (Lipinski definition) is 1. The average molecular weight is 431 g/mol. The van der Waals surface area contributed by atoms with Crippen molar-refractivity contribution in [2.45, 2.75) is 43.6 Å². The zero-order chi connectivity index (χ0) is 21.4. The van der Waals surface area contributed by atoms with Crippen LogP contribution in [0.25, 0.3) is 0 Å². The molecule has 0 radical (unpaired) electrons. The number of pyridine rings is 1. The number of nitrogens with one attached hydrogen (secondary N) is 1. The summed E-state index contributed by atoms with van der Waals surface area (Å²) in [6, 6.07) is 0.0478. The Balaban J connectivity index is 1.97. The van der Waals surface area contributed by atoms with Gasteiger partial charge in [-0.2, -0.15) is 17.5 Å². The summed E-state index contributed by atoms with van der Waals surface area (Å²) in [7, 11) is -2.35. The van der Waals surface area contributed by atoms with Crippen molar-refractivity contribution in [3.8, 4) is 0 Å². The van der Waals surface area contributed by atoms with Gasteiger partial charge in [0.2, 0.25) is 5.91 Å². The number of hydrogen-bond acceptors (Lipinski definition) is 5. The van der Waals surface area contributed by atoms with Crippen LogP contribution in [0.4, 0.5) is 13.2 Å². The summed E-state index contributed by atoms with van der Waals surface area (Å²) in [6.45, 7) is 1.05. The first-order chi connectivity index (χ1) is 13.5. The van der Waals surface area contributed by atoms with Crippen molar-refractivity contribution in [1.29, 1.82) is 0 Å². The highest BCUT2D eigenvalue weighted by Crippen LogP contribution is 2.38. The number of sulfonamides is 1. The van der Waals surface area contributed by atoms with E-state index in [9.17, 15) is 26.4 Å². The maximum absolute atomic E-state index is 13.6. The van der Waals surface area contributed by atoms with E-state index in [1.165, 1.54) is 24.0 Å². The van der Waals surface area contributed by atoms with Crippen molar-refractivity contribution in [2.75, 3.05) is 6.54 Å². The summed E-state index contributed by atoms with van der Waals surface area (Å²) in [5.74, 6) is -0.467. The molecule has 1 N–H and O–H groups in total. The van der Waals surface area contributed by atoms with E-state index in [1.54, 1.807) is 7.05 Å². The number of carbonyl (C=O) groups is 1. The number of aryl methyl sites for hydroxylation is 1. The lowest BCUT2D eigenvalue weighted by Gasteiger charge is -2.24. The molecule has 3 rings (SSSR count). The summed E-state index contributed by atoms with van der Waals surface area (Å²) in [5.41, 5.74) is -1.12. The van der Waals surface area contributed by atoms with Crippen molar-refractivity contribution in [2.24, 2.45) is 7.05 Å². The second-order valence-electron chi connectivity index (χ2n) is 6.82. The highest BCUT2D eigenvalue weighted by molar-refractivity contribution is 7.89. The van der Waals surface area contributed by atoms with E-state index < -0.39 is 33.7 Å². The van der Waals surface area contributed by atoms with Crippen molar-refractivity contribution >= 4 is 15.9 Å². The molecular weight excluding hydrogens is 411 g/mol. The van der Waals surface area contributed by atoms with Crippen molar-refractivity contribution < 1.29 is 26.4 Å². The van der Waals surface area contributed by atoms with Gasteiger partial charge in [0.15, 0.2) is 5.03 Å². The van der Waals surface area contributed by atoms with Crippen LogP contribution < -0.4 is 5.32 Å². The highest BCUT2D eigenvalue weighted by Gasteiger charge is 2.40. The first kappa shape index (κ1) is 21.2. The van der Waals surface area contributed by atoms with E-state index in [1.807, 2.05) is 0 Å². The molecule has 29 heavy (non-hydrogen) atoms. The van der Waals surface area contributed by atoms with Gasteiger partial charge >= 0.3 is 6.18 Å². The van der Waals surface area contributed by atoms with Crippen LogP contribution in [0.5, 0.6) is 0 Å². The van der Waals surface area contributed by atoms with E-state index in [0.717, 1.165) is 16.6 Å². The Kier molecular flexibility index (Phi) is 5.68. The van der Waals surface area contributed by atoms with Gasteiger partial charge in [-0.1, -0.05) is 0 Å². The van der Waals surface area contributed by atoms with E-state index in [4.69, 9.17) is 0 Å². The number of nitrogens with zero attached hydrogens (tertiary/aromatic N) is 4. The molecule has 2 aromatic rings. The molecule has 158 valence electrons. The first-order valence-electron chi connectivity index (χ1n) is 8.80. The Labute approximate surface area is 165 Å². The van der Waals surface area contributed by atoms with Crippen LogP contribution in [0, 0.1) is 0 Å². The second-order valence-corrected chi connectivity index (χ2v) is 8.66. The third-order valence-corrected chi connectivity index (χ3v) is 6.43. The van der Waals surface area contributed by atoms with Crippen LogP contribution in [0.1, 0.15) is 42.6 Å². The van der Waals surface area contributed by atoms with Gasteiger partial charge in [0.25, 0.3) is 10.0 Å². The lowest BCUT2D eigenvalue weighted by atomic mass is 10.0. The molecule has 1 aliphatic heterocycles. The van der Waals surface area contributed by atoms with Gasteiger partial charge < -0.3 is 9.88 Å². The number of rotatable bonds is 5. The lowest BCUT2D eigenvalue weighted by Crippen LogP contribution is -2.31. The monoisotopic (exact) mass is 431 g/mol. The largest absolute Gasteiger partial charge is 0.416 e. The molecule has 0 bridgehead atoms. The minimum absolute atomic E-state index is 0.0147. The van der Waals surface area contributed by atoms with Gasteiger partial charge in [-0.15, -0.1) is 0 Å². The number of aromatic nitrogens is 3. The Morgan fingerprint density at radius 1 is 1.34 bits per heavy atom. The number of amides is 1. The predicted octanol–water partition coefficient (Wildman–Crippen LogP) is 2.00. The molecule has 1 saturated heterocycles. The standard InChI is InChI=1S/C17H20F3N5O3S/c1-11(26)21-7-12-8-22-14(6-13(12)17(18,19)20)15-4-3-5-25(15)29(27,28)16-9-24(2)10-23-16/h6,8-10,15H,3-5,7H2,1-2H3,(H,21,26)/t15-/m1/s1. The van der Waals surface area contributed by atoms with Gasteiger partial charge in [0, 0.05) is 45.0 Å². The molecule has 1 atom stereocenters. The second kappa shape index (κ2) is 7.75. The molecule has 0 aromatic carbocycles. The van der Waals surface area contributed by atoms with Crippen LogP contribution in [0.3, 0.4) is 0 Å². The molecule has 0 aliphatic carbocycles. The van der Waals surface area contributed by atoms with Crippen molar-refractivity contribution in [1.82, 2.24) is 24.2 Å². The molecule has 3 heterocycles. The fourth-order valence-electron chi connectivity index (χ4n) is 3.27. The van der Waals surface area contributed by atoms with E-state index in [0.29, 0.717) is 12.8 Å². The zero-order valence-corrected chi connectivity index (χ0v) is 16.6. The van der Waals surface area contributed by atoms with E-state index in [2.05, 4.69) is 15.3 Å². The molecular formula is C17H20F3N5O3S. The van der Waals surface area contributed by atoms with Gasteiger partial charge in [0.05, 0.1) is 23.6 Å². The SMILES string of the molecule is CC(=O)NCc1cnc([C@H]2CCCN2S(=O)(=O)c2cn(C)cn2)cc1C(F)(F)F. The van der Waals surface area contributed by atoms with Gasteiger partial charge in [-0.05, 0) is 18.9 Å². The summed E-state index contributed by atoms with van der Waals surface area (Å²) in [4.78, 5) is 19.0. The van der Waals surface area contributed by atoms with Crippen molar-refractivity contribution in [3.63, 3.8) is 0 Å². The molecule has 1 aliphatic rings.